The maximum absolute atomic E-state index is 5.95. The van der Waals surface area contributed by atoms with Crippen molar-refractivity contribution in [1.82, 2.24) is 15.0 Å². The van der Waals surface area contributed by atoms with Gasteiger partial charge in [0.15, 0.2) is 11.5 Å². The number of para-hydroxylation sites is 1. The number of benzene rings is 1. The zero-order chi connectivity index (χ0) is 17.1. The van der Waals surface area contributed by atoms with Gasteiger partial charge in [-0.05, 0) is 26.0 Å². The van der Waals surface area contributed by atoms with Crippen molar-refractivity contribution >= 4 is 22.9 Å². The summed E-state index contributed by atoms with van der Waals surface area (Å²) in [5.74, 6) is 1.75. The van der Waals surface area contributed by atoms with E-state index in [1.807, 2.05) is 38.1 Å². The quantitative estimate of drug-likeness (QED) is 0.710. The lowest BCUT2D eigenvalue weighted by Crippen LogP contribution is -2.12. The summed E-state index contributed by atoms with van der Waals surface area (Å²) in [5.41, 5.74) is 6.42. The van der Waals surface area contributed by atoms with Gasteiger partial charge in [0.25, 0.3) is 0 Å². The molecule has 0 aliphatic heterocycles. The number of nitrogen functional groups attached to an aromatic ring is 1. The van der Waals surface area contributed by atoms with Crippen molar-refractivity contribution in [2.75, 3.05) is 24.8 Å². The normalized spacial score (nSPS) is 12.1. The standard InChI is InChI=1S/C16H19N5O3/c1-4-23-13-10-7-5-6-8-11(10)24-12(13)9(2)18-15-19-14(17)20-16(21-15)22-3/h5-9H,4H2,1-3H3,(H3,17,18,19,20,21). The van der Waals surface area contributed by atoms with E-state index in [1.54, 1.807) is 0 Å². The minimum Gasteiger partial charge on any atom is -0.489 e. The fourth-order valence-corrected chi connectivity index (χ4v) is 2.41. The molecule has 3 aromatic rings. The van der Waals surface area contributed by atoms with Gasteiger partial charge in [0.1, 0.15) is 5.58 Å². The van der Waals surface area contributed by atoms with Gasteiger partial charge in [-0.15, -0.1) is 0 Å². The molecule has 0 saturated carbocycles. The topological polar surface area (TPSA) is 108 Å². The predicted molar refractivity (Wildman–Crippen MR) is 90.2 cm³/mol. The van der Waals surface area contributed by atoms with E-state index in [0.29, 0.717) is 24.1 Å². The molecule has 0 bridgehead atoms. The molecule has 8 heteroatoms. The van der Waals surface area contributed by atoms with Crippen molar-refractivity contribution < 1.29 is 13.9 Å². The van der Waals surface area contributed by atoms with Gasteiger partial charge in [-0.25, -0.2) is 0 Å². The first kappa shape index (κ1) is 15.9. The Bertz CT molecular complexity index is 849. The number of aromatic nitrogens is 3. The Hall–Kier alpha value is -3.03. The highest BCUT2D eigenvalue weighted by Gasteiger charge is 2.21. The van der Waals surface area contributed by atoms with E-state index in [0.717, 1.165) is 11.0 Å². The van der Waals surface area contributed by atoms with Crippen LogP contribution in [0.15, 0.2) is 28.7 Å². The van der Waals surface area contributed by atoms with Crippen LogP contribution in [0.5, 0.6) is 11.8 Å². The molecule has 0 radical (unpaired) electrons. The lowest BCUT2D eigenvalue weighted by molar-refractivity contribution is 0.328. The van der Waals surface area contributed by atoms with Gasteiger partial charge in [-0.3, -0.25) is 0 Å². The van der Waals surface area contributed by atoms with Crippen LogP contribution in [0, 0.1) is 0 Å². The second-order valence-corrected chi connectivity index (χ2v) is 5.09. The SMILES string of the molecule is CCOc1c(C(C)Nc2nc(N)nc(OC)n2)oc2ccccc12. The van der Waals surface area contributed by atoms with E-state index in [1.165, 1.54) is 7.11 Å². The van der Waals surface area contributed by atoms with E-state index in [9.17, 15) is 0 Å². The second kappa shape index (κ2) is 6.61. The van der Waals surface area contributed by atoms with Gasteiger partial charge < -0.3 is 24.9 Å². The number of rotatable bonds is 6. The zero-order valence-electron chi connectivity index (χ0n) is 13.7. The zero-order valence-corrected chi connectivity index (χ0v) is 13.7. The molecule has 2 aromatic heterocycles. The number of nitrogens with one attached hydrogen (secondary N) is 1. The molecule has 0 amide bonds. The van der Waals surface area contributed by atoms with Crippen LogP contribution in [0.2, 0.25) is 0 Å². The maximum atomic E-state index is 5.95. The van der Waals surface area contributed by atoms with Gasteiger partial charge >= 0.3 is 6.01 Å². The summed E-state index contributed by atoms with van der Waals surface area (Å²) >= 11 is 0. The number of anilines is 2. The Kier molecular flexibility index (Phi) is 4.37. The molecule has 0 fully saturated rings. The molecule has 8 nitrogen and oxygen atoms in total. The third-order valence-electron chi connectivity index (χ3n) is 3.42. The van der Waals surface area contributed by atoms with Gasteiger partial charge in [0, 0.05) is 0 Å². The summed E-state index contributed by atoms with van der Waals surface area (Å²) in [6, 6.07) is 7.63. The van der Waals surface area contributed by atoms with Crippen LogP contribution in [0.25, 0.3) is 11.0 Å². The average molecular weight is 329 g/mol. The van der Waals surface area contributed by atoms with Crippen molar-refractivity contribution in [3.05, 3.63) is 30.0 Å². The summed E-state index contributed by atoms with van der Waals surface area (Å²) in [6.45, 7) is 4.39. The minimum absolute atomic E-state index is 0.0752. The molecule has 0 aliphatic rings. The number of hydrogen-bond donors (Lipinski definition) is 2. The Morgan fingerprint density at radius 2 is 2.04 bits per heavy atom. The van der Waals surface area contributed by atoms with Crippen molar-refractivity contribution in [1.29, 1.82) is 0 Å². The Balaban J connectivity index is 1.95. The number of fused-ring (bicyclic) bond motifs is 1. The van der Waals surface area contributed by atoms with Gasteiger partial charge in [0.2, 0.25) is 11.9 Å². The Labute approximate surface area is 139 Å². The molecule has 1 atom stereocenters. The molecule has 126 valence electrons. The van der Waals surface area contributed by atoms with Crippen LogP contribution >= 0.6 is 0 Å². The van der Waals surface area contributed by atoms with Gasteiger partial charge in [-0.2, -0.15) is 15.0 Å². The van der Waals surface area contributed by atoms with E-state index in [4.69, 9.17) is 19.6 Å². The summed E-state index contributed by atoms with van der Waals surface area (Å²) in [7, 11) is 1.47. The van der Waals surface area contributed by atoms with Crippen LogP contribution in [0.4, 0.5) is 11.9 Å². The van der Waals surface area contributed by atoms with Crippen LogP contribution in [-0.4, -0.2) is 28.7 Å². The lowest BCUT2D eigenvalue weighted by Gasteiger charge is -2.14. The molecular formula is C16H19N5O3. The van der Waals surface area contributed by atoms with E-state index in [-0.39, 0.29) is 18.0 Å². The van der Waals surface area contributed by atoms with Gasteiger partial charge in [0.05, 0.1) is 25.1 Å². The lowest BCUT2D eigenvalue weighted by atomic mass is 10.2. The number of furan rings is 1. The summed E-state index contributed by atoms with van der Waals surface area (Å²) in [5, 5.41) is 4.06. The van der Waals surface area contributed by atoms with Crippen molar-refractivity contribution in [2.45, 2.75) is 19.9 Å². The van der Waals surface area contributed by atoms with Crippen LogP contribution < -0.4 is 20.5 Å². The molecule has 0 spiro atoms. The Morgan fingerprint density at radius 3 is 2.79 bits per heavy atom. The third-order valence-corrected chi connectivity index (χ3v) is 3.42. The fourth-order valence-electron chi connectivity index (χ4n) is 2.41. The molecule has 3 rings (SSSR count). The summed E-state index contributed by atoms with van der Waals surface area (Å²) < 4.78 is 16.7. The highest BCUT2D eigenvalue weighted by atomic mass is 16.5. The largest absolute Gasteiger partial charge is 0.489 e. The van der Waals surface area contributed by atoms with Crippen molar-refractivity contribution in [3.8, 4) is 11.8 Å². The number of nitrogens with two attached hydrogens (primary N) is 1. The predicted octanol–water partition coefficient (Wildman–Crippen LogP) is 2.78. The third kappa shape index (κ3) is 3.03. The molecule has 24 heavy (non-hydrogen) atoms. The van der Waals surface area contributed by atoms with E-state index < -0.39 is 0 Å². The molecule has 1 aromatic carbocycles. The number of methoxy groups -OCH3 is 1. The summed E-state index contributed by atoms with van der Waals surface area (Å²) in [4.78, 5) is 12.0. The number of ether oxygens (including phenoxy) is 2. The number of hydrogen-bond acceptors (Lipinski definition) is 8. The minimum atomic E-state index is -0.245. The van der Waals surface area contributed by atoms with Crippen molar-refractivity contribution in [2.24, 2.45) is 0 Å². The van der Waals surface area contributed by atoms with Crippen LogP contribution in [-0.2, 0) is 0 Å². The first-order chi connectivity index (χ1) is 11.6. The van der Waals surface area contributed by atoms with Crippen molar-refractivity contribution in [3.63, 3.8) is 0 Å². The van der Waals surface area contributed by atoms with E-state index in [2.05, 4.69) is 20.3 Å². The van der Waals surface area contributed by atoms with E-state index >= 15 is 0 Å². The van der Waals surface area contributed by atoms with Crippen LogP contribution in [0.3, 0.4) is 0 Å². The first-order valence-corrected chi connectivity index (χ1v) is 7.58. The highest BCUT2D eigenvalue weighted by Crippen LogP contribution is 2.37. The molecular weight excluding hydrogens is 310 g/mol. The fraction of sp³-hybridized carbons (Fsp3) is 0.312. The highest BCUT2D eigenvalue weighted by molar-refractivity contribution is 5.85. The molecule has 0 aliphatic carbocycles. The molecule has 2 heterocycles. The monoisotopic (exact) mass is 329 g/mol. The first-order valence-electron chi connectivity index (χ1n) is 7.58. The van der Waals surface area contributed by atoms with Gasteiger partial charge in [-0.1, -0.05) is 12.1 Å². The smallest absolute Gasteiger partial charge is 0.322 e. The summed E-state index contributed by atoms with van der Waals surface area (Å²) in [6.07, 6.45) is 0. The molecule has 3 N–H and O–H groups in total. The second-order valence-electron chi connectivity index (χ2n) is 5.09. The number of nitrogens with zero attached hydrogens (tertiary/aromatic N) is 3. The molecule has 1 unspecified atom stereocenters. The Morgan fingerprint density at radius 1 is 1.25 bits per heavy atom. The van der Waals surface area contributed by atoms with Crippen LogP contribution in [0.1, 0.15) is 25.6 Å². The average Bonchev–Trinajstić information content (AvgIpc) is 2.94. The maximum Gasteiger partial charge on any atom is 0.322 e. The molecule has 0 saturated heterocycles.